The maximum Gasteiger partial charge on any atom is 0.335 e. The maximum absolute atomic E-state index is 11.5. The highest BCUT2D eigenvalue weighted by Gasteiger charge is 2.05. The van der Waals surface area contributed by atoms with E-state index >= 15 is 0 Å². The normalized spacial score (nSPS) is 10.1. The molecule has 4 nitrogen and oxygen atoms in total. The molecule has 0 radical (unpaired) electrons. The van der Waals surface area contributed by atoms with Gasteiger partial charge >= 0.3 is 5.97 Å². The van der Waals surface area contributed by atoms with Crippen molar-refractivity contribution >= 4 is 11.8 Å². The van der Waals surface area contributed by atoms with Crippen LogP contribution < -0.4 is 4.74 Å². The summed E-state index contributed by atoms with van der Waals surface area (Å²) in [4.78, 5) is 22.4. The van der Waals surface area contributed by atoms with Crippen LogP contribution in [-0.2, 0) is 6.61 Å². The summed E-state index contributed by atoms with van der Waals surface area (Å²) in [5, 5.41) is 8.93. The molecule has 0 unspecified atom stereocenters. The highest BCUT2D eigenvalue weighted by atomic mass is 16.5. The Morgan fingerprint density at radius 2 is 1.76 bits per heavy atom. The van der Waals surface area contributed by atoms with Crippen molar-refractivity contribution in [2.24, 2.45) is 0 Å². The molecule has 0 saturated carbocycles. The Balaban J connectivity index is 2.01. The lowest BCUT2D eigenvalue weighted by molar-refractivity contribution is 0.0696. The lowest BCUT2D eigenvalue weighted by Gasteiger charge is -2.07. The van der Waals surface area contributed by atoms with Gasteiger partial charge in [-0.2, -0.15) is 0 Å². The number of hydrogen-bond acceptors (Lipinski definition) is 3. The summed E-state index contributed by atoms with van der Waals surface area (Å²) in [6.45, 7) is 2.10. The summed E-state index contributed by atoms with van der Waals surface area (Å²) < 4.78 is 5.59. The standard InChI is InChI=1S/C17H16O4/c1-2-16(18)13-6-8-15(9-7-13)21-11-12-4-3-5-14(10-12)17(19)20/h3-10H,2,11H2,1H3,(H,19,20). The van der Waals surface area contributed by atoms with E-state index in [4.69, 9.17) is 9.84 Å². The number of ketones is 1. The zero-order valence-corrected chi connectivity index (χ0v) is 11.7. The zero-order valence-electron chi connectivity index (χ0n) is 11.7. The van der Waals surface area contributed by atoms with Crippen molar-refractivity contribution < 1.29 is 19.4 Å². The minimum Gasteiger partial charge on any atom is -0.489 e. The molecule has 0 amide bonds. The van der Waals surface area contributed by atoms with E-state index in [0.29, 0.717) is 17.7 Å². The Kier molecular flexibility index (Phi) is 4.72. The zero-order chi connectivity index (χ0) is 15.2. The number of carbonyl (C=O) groups excluding carboxylic acids is 1. The molecule has 0 atom stereocenters. The molecule has 0 spiro atoms. The van der Waals surface area contributed by atoms with Crippen molar-refractivity contribution in [1.29, 1.82) is 0 Å². The minimum atomic E-state index is -0.959. The Morgan fingerprint density at radius 3 is 2.38 bits per heavy atom. The number of Topliss-reactive ketones (excluding diaryl/α,β-unsaturated/α-hetero) is 1. The Morgan fingerprint density at radius 1 is 1.05 bits per heavy atom. The molecule has 108 valence electrons. The van der Waals surface area contributed by atoms with E-state index < -0.39 is 5.97 Å². The quantitative estimate of drug-likeness (QED) is 0.824. The number of aromatic carboxylic acids is 1. The van der Waals surface area contributed by atoms with Gasteiger partial charge in [0.05, 0.1) is 5.56 Å². The summed E-state index contributed by atoms with van der Waals surface area (Å²) >= 11 is 0. The largest absolute Gasteiger partial charge is 0.489 e. The molecular formula is C17H16O4. The molecule has 2 aromatic carbocycles. The Bertz CT molecular complexity index is 644. The predicted octanol–water partition coefficient (Wildman–Crippen LogP) is 3.56. The van der Waals surface area contributed by atoms with E-state index in [2.05, 4.69) is 0 Å². The van der Waals surface area contributed by atoms with E-state index in [1.54, 1.807) is 42.5 Å². The van der Waals surface area contributed by atoms with Crippen LogP contribution in [0, 0.1) is 0 Å². The molecule has 0 aliphatic heterocycles. The number of carboxylic acid groups (broad SMARTS) is 1. The molecule has 0 aromatic heterocycles. The summed E-state index contributed by atoms with van der Waals surface area (Å²) in [5.74, 6) is -0.224. The van der Waals surface area contributed by atoms with Gasteiger partial charge in [0.1, 0.15) is 12.4 Å². The monoisotopic (exact) mass is 284 g/mol. The third-order valence-electron chi connectivity index (χ3n) is 3.08. The van der Waals surface area contributed by atoms with E-state index in [1.165, 1.54) is 6.07 Å². The average molecular weight is 284 g/mol. The van der Waals surface area contributed by atoms with Crippen LogP contribution in [-0.4, -0.2) is 16.9 Å². The second kappa shape index (κ2) is 6.70. The fraction of sp³-hybridized carbons (Fsp3) is 0.176. The molecular weight excluding hydrogens is 268 g/mol. The first-order chi connectivity index (χ1) is 10.1. The topological polar surface area (TPSA) is 63.6 Å². The van der Waals surface area contributed by atoms with Gasteiger partial charge in [0.25, 0.3) is 0 Å². The number of ether oxygens (including phenoxy) is 1. The summed E-state index contributed by atoms with van der Waals surface area (Å²) in [5.41, 5.74) is 1.68. The lowest BCUT2D eigenvalue weighted by Crippen LogP contribution is -2.01. The van der Waals surface area contributed by atoms with Crippen LogP contribution in [0.4, 0.5) is 0 Å². The second-order valence-corrected chi connectivity index (χ2v) is 4.60. The summed E-state index contributed by atoms with van der Waals surface area (Å²) in [6, 6.07) is 13.6. The number of carboxylic acids is 1. The number of rotatable bonds is 6. The molecule has 2 rings (SSSR count). The molecule has 0 heterocycles. The van der Waals surface area contributed by atoms with E-state index in [9.17, 15) is 9.59 Å². The van der Waals surface area contributed by atoms with E-state index in [1.807, 2.05) is 6.92 Å². The molecule has 0 bridgehead atoms. The third-order valence-corrected chi connectivity index (χ3v) is 3.08. The van der Waals surface area contributed by atoms with Crippen molar-refractivity contribution in [2.75, 3.05) is 0 Å². The average Bonchev–Trinajstić information content (AvgIpc) is 2.53. The molecule has 0 aliphatic carbocycles. The summed E-state index contributed by atoms with van der Waals surface area (Å²) in [6.07, 6.45) is 0.474. The van der Waals surface area contributed by atoms with Gasteiger partial charge in [-0.25, -0.2) is 4.79 Å². The second-order valence-electron chi connectivity index (χ2n) is 4.60. The van der Waals surface area contributed by atoms with E-state index in [0.717, 1.165) is 5.56 Å². The SMILES string of the molecule is CCC(=O)c1ccc(OCc2cccc(C(=O)O)c2)cc1. The summed E-state index contributed by atoms with van der Waals surface area (Å²) in [7, 11) is 0. The molecule has 21 heavy (non-hydrogen) atoms. The fourth-order valence-corrected chi connectivity index (χ4v) is 1.90. The highest BCUT2D eigenvalue weighted by Crippen LogP contribution is 2.16. The Hall–Kier alpha value is -2.62. The van der Waals surface area contributed by atoms with Crippen LogP contribution in [0.3, 0.4) is 0 Å². The van der Waals surface area contributed by atoms with Gasteiger partial charge in [-0.05, 0) is 42.0 Å². The highest BCUT2D eigenvalue weighted by molar-refractivity contribution is 5.95. The van der Waals surface area contributed by atoms with Crippen LogP contribution in [0.5, 0.6) is 5.75 Å². The molecule has 0 saturated heterocycles. The van der Waals surface area contributed by atoms with Crippen molar-refractivity contribution in [3.05, 3.63) is 65.2 Å². The predicted molar refractivity (Wildman–Crippen MR) is 78.8 cm³/mol. The van der Waals surface area contributed by atoms with Crippen molar-refractivity contribution in [3.8, 4) is 5.75 Å². The van der Waals surface area contributed by atoms with Gasteiger partial charge in [-0.3, -0.25) is 4.79 Å². The van der Waals surface area contributed by atoms with Crippen molar-refractivity contribution in [2.45, 2.75) is 20.0 Å². The van der Waals surface area contributed by atoms with Gasteiger partial charge in [0.15, 0.2) is 5.78 Å². The number of hydrogen-bond donors (Lipinski definition) is 1. The van der Waals surface area contributed by atoms with Crippen LogP contribution >= 0.6 is 0 Å². The fourth-order valence-electron chi connectivity index (χ4n) is 1.90. The minimum absolute atomic E-state index is 0.0932. The molecule has 1 N–H and O–H groups in total. The molecule has 4 heteroatoms. The molecule has 0 fully saturated rings. The van der Waals surface area contributed by atoms with Crippen LogP contribution in [0.2, 0.25) is 0 Å². The van der Waals surface area contributed by atoms with Crippen LogP contribution in [0.1, 0.15) is 39.6 Å². The molecule has 0 aliphatic rings. The first-order valence-corrected chi connectivity index (χ1v) is 6.68. The van der Waals surface area contributed by atoms with Crippen LogP contribution in [0.15, 0.2) is 48.5 Å². The third kappa shape index (κ3) is 3.92. The Labute approximate surface area is 123 Å². The first kappa shape index (κ1) is 14.8. The van der Waals surface area contributed by atoms with Gasteiger partial charge in [0.2, 0.25) is 0 Å². The van der Waals surface area contributed by atoms with E-state index in [-0.39, 0.29) is 18.0 Å². The van der Waals surface area contributed by atoms with Gasteiger partial charge in [-0.1, -0.05) is 19.1 Å². The lowest BCUT2D eigenvalue weighted by atomic mass is 10.1. The van der Waals surface area contributed by atoms with Gasteiger partial charge in [-0.15, -0.1) is 0 Å². The van der Waals surface area contributed by atoms with Gasteiger partial charge in [0, 0.05) is 12.0 Å². The smallest absolute Gasteiger partial charge is 0.335 e. The van der Waals surface area contributed by atoms with Gasteiger partial charge < -0.3 is 9.84 Å². The van der Waals surface area contributed by atoms with Crippen molar-refractivity contribution in [1.82, 2.24) is 0 Å². The maximum atomic E-state index is 11.5. The number of benzene rings is 2. The first-order valence-electron chi connectivity index (χ1n) is 6.68. The van der Waals surface area contributed by atoms with Crippen molar-refractivity contribution in [3.63, 3.8) is 0 Å². The molecule has 2 aromatic rings. The number of carbonyl (C=O) groups is 2. The van der Waals surface area contributed by atoms with Crippen LogP contribution in [0.25, 0.3) is 0 Å².